The minimum Gasteiger partial charge on any atom is -0.310 e. The highest BCUT2D eigenvalue weighted by molar-refractivity contribution is 6.30. The lowest BCUT2D eigenvalue weighted by molar-refractivity contribution is 0.461. The van der Waals surface area contributed by atoms with Crippen molar-refractivity contribution in [3.8, 4) is 0 Å². The van der Waals surface area contributed by atoms with Crippen LogP contribution >= 0.6 is 11.6 Å². The average Bonchev–Trinajstić information content (AvgIpc) is 2.96. The van der Waals surface area contributed by atoms with Crippen LogP contribution in [-0.4, -0.2) is 21.5 Å². The van der Waals surface area contributed by atoms with E-state index in [-0.39, 0.29) is 0 Å². The molecule has 0 saturated heterocycles. The van der Waals surface area contributed by atoms with E-state index in [4.69, 9.17) is 11.6 Å². The van der Waals surface area contributed by atoms with Crippen LogP contribution in [0.3, 0.4) is 0 Å². The third-order valence-electron chi connectivity index (χ3n) is 3.28. The molecule has 20 heavy (non-hydrogen) atoms. The zero-order valence-corrected chi connectivity index (χ0v) is 12.6. The molecule has 2 aromatic rings. The van der Waals surface area contributed by atoms with E-state index in [0.29, 0.717) is 6.04 Å². The van der Waals surface area contributed by atoms with E-state index in [9.17, 15) is 0 Å². The van der Waals surface area contributed by atoms with Gasteiger partial charge in [-0.3, -0.25) is 4.68 Å². The van der Waals surface area contributed by atoms with Crippen LogP contribution in [0.5, 0.6) is 0 Å². The standard InChI is InChI=1S/C15H21ClN4/c1-2-4-15(13-5-7-14(16)8-6-13)17-9-3-11-20-12-10-18-19-20/h5-8,10,12,15,17H,2-4,9,11H2,1H3. The monoisotopic (exact) mass is 292 g/mol. The average molecular weight is 293 g/mol. The Bertz CT molecular complexity index is 481. The van der Waals surface area contributed by atoms with Crippen molar-refractivity contribution in [2.75, 3.05) is 6.54 Å². The highest BCUT2D eigenvalue weighted by Crippen LogP contribution is 2.20. The lowest BCUT2D eigenvalue weighted by atomic mass is 10.0. The number of aromatic nitrogens is 3. The summed E-state index contributed by atoms with van der Waals surface area (Å²) in [7, 11) is 0. The molecule has 4 nitrogen and oxygen atoms in total. The summed E-state index contributed by atoms with van der Waals surface area (Å²) in [5.74, 6) is 0. The summed E-state index contributed by atoms with van der Waals surface area (Å²) in [5, 5.41) is 12.2. The summed E-state index contributed by atoms with van der Waals surface area (Å²) >= 11 is 5.94. The van der Waals surface area contributed by atoms with Gasteiger partial charge < -0.3 is 5.32 Å². The summed E-state index contributed by atoms with van der Waals surface area (Å²) < 4.78 is 1.86. The van der Waals surface area contributed by atoms with Gasteiger partial charge in [-0.1, -0.05) is 42.3 Å². The Morgan fingerprint density at radius 3 is 2.75 bits per heavy atom. The van der Waals surface area contributed by atoms with Crippen LogP contribution in [0.2, 0.25) is 5.02 Å². The van der Waals surface area contributed by atoms with Gasteiger partial charge in [-0.25, -0.2) is 0 Å². The number of benzene rings is 1. The fourth-order valence-electron chi connectivity index (χ4n) is 2.24. The largest absolute Gasteiger partial charge is 0.310 e. The highest BCUT2D eigenvalue weighted by Gasteiger charge is 2.09. The zero-order chi connectivity index (χ0) is 14.2. The minimum absolute atomic E-state index is 0.396. The van der Waals surface area contributed by atoms with Crippen LogP contribution in [0.15, 0.2) is 36.7 Å². The predicted molar refractivity (Wildman–Crippen MR) is 81.7 cm³/mol. The second-order valence-corrected chi connectivity index (χ2v) is 5.30. The Morgan fingerprint density at radius 2 is 2.10 bits per heavy atom. The van der Waals surface area contributed by atoms with Gasteiger partial charge in [-0.2, -0.15) is 0 Å². The number of aryl methyl sites for hydroxylation is 1. The molecular weight excluding hydrogens is 272 g/mol. The molecule has 1 heterocycles. The fourth-order valence-corrected chi connectivity index (χ4v) is 2.37. The van der Waals surface area contributed by atoms with Crippen molar-refractivity contribution in [2.24, 2.45) is 0 Å². The molecular formula is C15H21ClN4. The van der Waals surface area contributed by atoms with Crippen LogP contribution in [0, 0.1) is 0 Å². The van der Waals surface area contributed by atoms with Crippen molar-refractivity contribution in [1.82, 2.24) is 20.3 Å². The van der Waals surface area contributed by atoms with Crippen LogP contribution in [-0.2, 0) is 6.54 Å². The van der Waals surface area contributed by atoms with Crippen molar-refractivity contribution < 1.29 is 0 Å². The molecule has 1 N–H and O–H groups in total. The molecule has 5 heteroatoms. The molecule has 1 aromatic carbocycles. The SMILES string of the molecule is CCCC(NCCCn1ccnn1)c1ccc(Cl)cc1. The smallest absolute Gasteiger partial charge is 0.0692 e. The molecule has 0 bridgehead atoms. The summed E-state index contributed by atoms with van der Waals surface area (Å²) in [6, 6.07) is 8.51. The molecule has 1 aromatic heterocycles. The Kier molecular flexibility index (Phi) is 6.02. The first-order valence-corrected chi connectivity index (χ1v) is 7.50. The maximum absolute atomic E-state index is 5.94. The third kappa shape index (κ3) is 4.62. The summed E-state index contributed by atoms with van der Waals surface area (Å²) in [6.07, 6.45) is 6.93. The minimum atomic E-state index is 0.396. The van der Waals surface area contributed by atoms with E-state index in [1.165, 1.54) is 5.56 Å². The van der Waals surface area contributed by atoms with Crippen molar-refractivity contribution in [2.45, 2.75) is 38.8 Å². The van der Waals surface area contributed by atoms with E-state index in [0.717, 1.165) is 37.4 Å². The first-order chi connectivity index (χ1) is 9.79. The van der Waals surface area contributed by atoms with Crippen molar-refractivity contribution in [3.63, 3.8) is 0 Å². The Morgan fingerprint density at radius 1 is 1.30 bits per heavy atom. The fraction of sp³-hybridized carbons (Fsp3) is 0.467. The quantitative estimate of drug-likeness (QED) is 0.758. The molecule has 0 saturated carbocycles. The first-order valence-electron chi connectivity index (χ1n) is 7.12. The van der Waals surface area contributed by atoms with Gasteiger partial charge in [0.05, 0.1) is 6.20 Å². The molecule has 108 valence electrons. The van der Waals surface area contributed by atoms with Crippen molar-refractivity contribution in [1.29, 1.82) is 0 Å². The van der Waals surface area contributed by atoms with Crippen LogP contribution in [0.4, 0.5) is 0 Å². The van der Waals surface area contributed by atoms with Gasteiger partial charge in [0, 0.05) is 23.8 Å². The Balaban J connectivity index is 1.81. The van der Waals surface area contributed by atoms with E-state index in [1.807, 2.05) is 23.0 Å². The number of nitrogens with one attached hydrogen (secondary N) is 1. The molecule has 0 amide bonds. The van der Waals surface area contributed by atoms with E-state index in [1.54, 1.807) is 6.20 Å². The molecule has 0 spiro atoms. The summed E-state index contributed by atoms with van der Waals surface area (Å²) in [6.45, 7) is 4.07. The number of halogens is 1. The van der Waals surface area contributed by atoms with Gasteiger partial charge >= 0.3 is 0 Å². The second-order valence-electron chi connectivity index (χ2n) is 4.87. The van der Waals surface area contributed by atoms with E-state index >= 15 is 0 Å². The third-order valence-corrected chi connectivity index (χ3v) is 3.53. The van der Waals surface area contributed by atoms with Crippen LogP contribution in [0.1, 0.15) is 37.8 Å². The second kappa shape index (κ2) is 8.02. The lowest BCUT2D eigenvalue weighted by Crippen LogP contribution is -2.23. The first kappa shape index (κ1) is 15.0. The molecule has 0 aliphatic carbocycles. The number of rotatable bonds is 8. The summed E-state index contributed by atoms with van der Waals surface area (Å²) in [4.78, 5) is 0. The number of hydrogen-bond acceptors (Lipinski definition) is 3. The molecule has 0 fully saturated rings. The van der Waals surface area contributed by atoms with Crippen molar-refractivity contribution >= 4 is 11.6 Å². The Hall–Kier alpha value is -1.39. The normalized spacial score (nSPS) is 12.5. The van der Waals surface area contributed by atoms with E-state index < -0.39 is 0 Å². The number of hydrogen-bond donors (Lipinski definition) is 1. The molecule has 0 aliphatic heterocycles. The maximum atomic E-state index is 5.94. The topological polar surface area (TPSA) is 42.7 Å². The van der Waals surface area contributed by atoms with Gasteiger partial charge in [0.1, 0.15) is 0 Å². The van der Waals surface area contributed by atoms with Gasteiger partial charge in [-0.05, 0) is 37.1 Å². The van der Waals surface area contributed by atoms with Crippen LogP contribution in [0.25, 0.3) is 0 Å². The van der Waals surface area contributed by atoms with Crippen molar-refractivity contribution in [3.05, 3.63) is 47.2 Å². The van der Waals surface area contributed by atoms with Gasteiger partial charge in [-0.15, -0.1) is 5.10 Å². The molecule has 0 aliphatic rings. The molecule has 2 rings (SSSR count). The summed E-state index contributed by atoms with van der Waals surface area (Å²) in [5.41, 5.74) is 1.30. The number of nitrogens with zero attached hydrogens (tertiary/aromatic N) is 3. The molecule has 1 unspecified atom stereocenters. The Labute approximate surface area is 125 Å². The van der Waals surface area contributed by atoms with Crippen LogP contribution < -0.4 is 5.32 Å². The van der Waals surface area contributed by atoms with Gasteiger partial charge in [0.25, 0.3) is 0 Å². The lowest BCUT2D eigenvalue weighted by Gasteiger charge is -2.18. The van der Waals surface area contributed by atoms with E-state index in [2.05, 4.69) is 34.7 Å². The molecule has 0 radical (unpaired) electrons. The van der Waals surface area contributed by atoms with Gasteiger partial charge in [0.15, 0.2) is 0 Å². The highest BCUT2D eigenvalue weighted by atomic mass is 35.5. The molecule has 1 atom stereocenters. The maximum Gasteiger partial charge on any atom is 0.0692 e. The predicted octanol–water partition coefficient (Wildman–Crippen LogP) is 3.45. The van der Waals surface area contributed by atoms with Gasteiger partial charge in [0.2, 0.25) is 0 Å². The zero-order valence-electron chi connectivity index (χ0n) is 11.8.